The zero-order valence-corrected chi connectivity index (χ0v) is 12.0. The number of benzene rings is 1. The molecule has 21 heavy (non-hydrogen) atoms. The topological polar surface area (TPSA) is 99.0 Å². The molecule has 6 nitrogen and oxygen atoms in total. The van der Waals surface area contributed by atoms with Crippen molar-refractivity contribution >= 4 is 17.3 Å². The molecule has 1 amide bonds. The second kappa shape index (κ2) is 5.82. The number of hydrogen-bond acceptors (Lipinski definition) is 4. The minimum Gasteiger partial charge on any atom is -0.398 e. The SMILES string of the molecule is CCc1nn(C)cc1CNc1cc(C(N)=O)c(N)cc1F. The van der Waals surface area contributed by atoms with Crippen LogP contribution >= 0.6 is 0 Å². The largest absolute Gasteiger partial charge is 0.398 e. The number of carbonyl (C=O) groups is 1. The lowest BCUT2D eigenvalue weighted by Crippen LogP contribution is -2.15. The molecule has 1 aromatic heterocycles. The van der Waals surface area contributed by atoms with Gasteiger partial charge in [0.25, 0.3) is 5.91 Å². The maximum Gasteiger partial charge on any atom is 0.250 e. The molecule has 0 atom stereocenters. The quantitative estimate of drug-likeness (QED) is 0.725. The maximum atomic E-state index is 13.9. The summed E-state index contributed by atoms with van der Waals surface area (Å²) in [4.78, 5) is 11.2. The fourth-order valence-electron chi connectivity index (χ4n) is 2.16. The van der Waals surface area contributed by atoms with Crippen LogP contribution in [0.15, 0.2) is 18.3 Å². The minimum absolute atomic E-state index is 0.0289. The van der Waals surface area contributed by atoms with E-state index in [9.17, 15) is 9.18 Å². The molecule has 2 rings (SSSR count). The number of amides is 1. The van der Waals surface area contributed by atoms with Crippen LogP contribution in [0.1, 0.15) is 28.5 Å². The van der Waals surface area contributed by atoms with Crippen molar-refractivity contribution in [2.24, 2.45) is 12.8 Å². The Morgan fingerprint density at radius 3 is 2.81 bits per heavy atom. The Balaban J connectivity index is 2.23. The highest BCUT2D eigenvalue weighted by Gasteiger charge is 2.13. The van der Waals surface area contributed by atoms with Crippen LogP contribution in [0, 0.1) is 5.82 Å². The van der Waals surface area contributed by atoms with Gasteiger partial charge in [-0.05, 0) is 18.6 Å². The van der Waals surface area contributed by atoms with Gasteiger partial charge in [-0.3, -0.25) is 9.48 Å². The van der Waals surface area contributed by atoms with E-state index in [1.54, 1.807) is 4.68 Å². The summed E-state index contributed by atoms with van der Waals surface area (Å²) >= 11 is 0. The average molecular weight is 291 g/mol. The predicted octanol–water partition coefficient (Wildman–Crippen LogP) is 1.41. The van der Waals surface area contributed by atoms with Gasteiger partial charge in [0, 0.05) is 31.0 Å². The predicted molar refractivity (Wildman–Crippen MR) is 79.2 cm³/mol. The lowest BCUT2D eigenvalue weighted by atomic mass is 10.1. The molecule has 0 aliphatic heterocycles. The first kappa shape index (κ1) is 14.8. The number of nitrogens with zero attached hydrogens (tertiary/aromatic N) is 2. The van der Waals surface area contributed by atoms with E-state index in [-0.39, 0.29) is 16.9 Å². The number of hydrogen-bond donors (Lipinski definition) is 3. The van der Waals surface area contributed by atoms with Crippen LogP contribution in [0.5, 0.6) is 0 Å². The van der Waals surface area contributed by atoms with E-state index in [1.165, 1.54) is 6.07 Å². The highest BCUT2D eigenvalue weighted by molar-refractivity contribution is 5.99. The van der Waals surface area contributed by atoms with Crippen LogP contribution in [-0.2, 0) is 20.0 Å². The highest BCUT2D eigenvalue weighted by Crippen LogP contribution is 2.23. The van der Waals surface area contributed by atoms with Crippen LogP contribution < -0.4 is 16.8 Å². The number of carbonyl (C=O) groups excluding carboxylic acids is 1. The number of nitrogens with two attached hydrogens (primary N) is 2. The van der Waals surface area contributed by atoms with Gasteiger partial charge < -0.3 is 16.8 Å². The normalized spacial score (nSPS) is 10.6. The van der Waals surface area contributed by atoms with Crippen molar-refractivity contribution in [2.45, 2.75) is 19.9 Å². The summed E-state index contributed by atoms with van der Waals surface area (Å²) in [6, 6.07) is 2.42. The van der Waals surface area contributed by atoms with Gasteiger partial charge in [0.05, 0.1) is 16.9 Å². The van der Waals surface area contributed by atoms with E-state index in [2.05, 4.69) is 10.4 Å². The zero-order valence-electron chi connectivity index (χ0n) is 12.0. The highest BCUT2D eigenvalue weighted by atomic mass is 19.1. The molecule has 0 spiro atoms. The molecular formula is C14H18FN5O. The fourth-order valence-corrected chi connectivity index (χ4v) is 2.16. The number of rotatable bonds is 5. The Morgan fingerprint density at radius 1 is 1.48 bits per heavy atom. The van der Waals surface area contributed by atoms with Gasteiger partial charge in [0.1, 0.15) is 5.82 Å². The van der Waals surface area contributed by atoms with Gasteiger partial charge in [-0.2, -0.15) is 5.10 Å². The molecular weight excluding hydrogens is 273 g/mol. The van der Waals surface area contributed by atoms with Crippen LogP contribution in [0.25, 0.3) is 0 Å². The minimum atomic E-state index is -0.689. The lowest BCUT2D eigenvalue weighted by Gasteiger charge is -2.10. The fraction of sp³-hybridized carbons (Fsp3) is 0.286. The first-order chi connectivity index (χ1) is 9.92. The monoisotopic (exact) mass is 291 g/mol. The molecule has 0 saturated heterocycles. The van der Waals surface area contributed by atoms with Crippen LogP contribution in [0.2, 0.25) is 0 Å². The first-order valence-corrected chi connectivity index (χ1v) is 6.56. The summed E-state index contributed by atoms with van der Waals surface area (Å²) in [5, 5.41) is 7.26. The lowest BCUT2D eigenvalue weighted by molar-refractivity contribution is 0.100. The summed E-state index contributed by atoms with van der Waals surface area (Å²) in [6.07, 6.45) is 2.66. The smallest absolute Gasteiger partial charge is 0.250 e. The Morgan fingerprint density at radius 2 is 2.19 bits per heavy atom. The molecule has 1 aromatic carbocycles. The molecule has 7 heteroatoms. The van der Waals surface area contributed by atoms with Gasteiger partial charge in [0.15, 0.2) is 0 Å². The standard InChI is InChI=1S/C14H18FN5O/c1-3-12-8(7-20(2)19-12)6-18-13-4-9(14(17)21)11(16)5-10(13)15/h4-5,7,18H,3,6,16H2,1-2H3,(H2,17,21). The molecule has 2 aromatic rings. The van der Waals surface area contributed by atoms with Crippen molar-refractivity contribution in [3.05, 3.63) is 41.0 Å². The molecule has 5 N–H and O–H groups in total. The van der Waals surface area contributed by atoms with E-state index in [0.717, 1.165) is 23.7 Å². The van der Waals surface area contributed by atoms with E-state index in [1.807, 2.05) is 20.2 Å². The van der Waals surface area contributed by atoms with Gasteiger partial charge in [0.2, 0.25) is 0 Å². The van der Waals surface area contributed by atoms with Crippen LogP contribution in [-0.4, -0.2) is 15.7 Å². The Labute approximate surface area is 121 Å². The molecule has 0 saturated carbocycles. The molecule has 0 bridgehead atoms. The average Bonchev–Trinajstić information content (AvgIpc) is 2.77. The summed E-state index contributed by atoms with van der Waals surface area (Å²) in [5.41, 5.74) is 13.0. The third-order valence-electron chi connectivity index (χ3n) is 3.20. The molecule has 0 aliphatic carbocycles. The third kappa shape index (κ3) is 3.13. The number of nitrogen functional groups attached to an aromatic ring is 1. The van der Waals surface area contributed by atoms with Gasteiger partial charge in [-0.15, -0.1) is 0 Å². The number of nitrogens with one attached hydrogen (secondary N) is 1. The molecule has 0 fully saturated rings. The summed E-state index contributed by atoms with van der Waals surface area (Å²) in [7, 11) is 1.83. The number of halogens is 1. The molecule has 0 unspecified atom stereocenters. The number of primary amides is 1. The summed E-state index contributed by atoms with van der Waals surface area (Å²) in [5.74, 6) is -1.22. The van der Waals surface area contributed by atoms with Crippen molar-refractivity contribution in [1.82, 2.24) is 9.78 Å². The number of aromatic nitrogens is 2. The number of anilines is 2. The van der Waals surface area contributed by atoms with E-state index in [0.29, 0.717) is 6.54 Å². The Bertz CT molecular complexity index is 680. The Hall–Kier alpha value is -2.57. The second-order valence-electron chi connectivity index (χ2n) is 4.77. The summed E-state index contributed by atoms with van der Waals surface area (Å²) < 4.78 is 15.6. The van der Waals surface area contributed by atoms with Crippen molar-refractivity contribution in [2.75, 3.05) is 11.1 Å². The van der Waals surface area contributed by atoms with E-state index >= 15 is 0 Å². The van der Waals surface area contributed by atoms with Crippen LogP contribution in [0.3, 0.4) is 0 Å². The van der Waals surface area contributed by atoms with Gasteiger partial charge in [-0.1, -0.05) is 6.92 Å². The Kier molecular flexibility index (Phi) is 4.11. The van der Waals surface area contributed by atoms with Crippen LogP contribution in [0.4, 0.5) is 15.8 Å². The molecule has 1 heterocycles. The first-order valence-electron chi connectivity index (χ1n) is 6.56. The van der Waals surface area contributed by atoms with Crippen molar-refractivity contribution in [3.63, 3.8) is 0 Å². The van der Waals surface area contributed by atoms with Crippen molar-refractivity contribution in [1.29, 1.82) is 0 Å². The van der Waals surface area contributed by atoms with Crippen molar-refractivity contribution in [3.8, 4) is 0 Å². The summed E-state index contributed by atoms with van der Waals surface area (Å²) in [6.45, 7) is 2.40. The van der Waals surface area contributed by atoms with Gasteiger partial charge >= 0.3 is 0 Å². The maximum absolute atomic E-state index is 13.9. The molecule has 0 radical (unpaired) electrons. The number of aryl methyl sites for hydroxylation is 2. The van der Waals surface area contributed by atoms with Crippen molar-refractivity contribution < 1.29 is 9.18 Å². The van der Waals surface area contributed by atoms with Gasteiger partial charge in [-0.25, -0.2) is 4.39 Å². The molecule has 112 valence electrons. The second-order valence-corrected chi connectivity index (χ2v) is 4.77. The zero-order chi connectivity index (χ0) is 15.6. The van der Waals surface area contributed by atoms with E-state index in [4.69, 9.17) is 11.5 Å². The molecule has 0 aliphatic rings. The van der Waals surface area contributed by atoms with E-state index < -0.39 is 11.7 Å². The third-order valence-corrected chi connectivity index (χ3v) is 3.20.